The van der Waals surface area contributed by atoms with Crippen molar-refractivity contribution in [2.24, 2.45) is 0 Å². The quantitative estimate of drug-likeness (QED) is 0.636. The van der Waals surface area contributed by atoms with Gasteiger partial charge in [0.15, 0.2) is 5.69 Å². The van der Waals surface area contributed by atoms with E-state index >= 15 is 0 Å². The summed E-state index contributed by atoms with van der Waals surface area (Å²) < 4.78 is 36.0. The van der Waals surface area contributed by atoms with Crippen molar-refractivity contribution in [3.05, 3.63) is 15.6 Å². The summed E-state index contributed by atoms with van der Waals surface area (Å²) in [6, 6.07) is 0. The molecule has 0 fully saturated rings. The zero-order valence-electron chi connectivity index (χ0n) is 7.99. The fraction of sp³-hybridized carbons (Fsp3) is 0.625. The Bertz CT molecular complexity index is 265. The highest BCUT2D eigenvalue weighted by Gasteiger charge is 2.35. The minimum absolute atomic E-state index is 0.231. The van der Waals surface area contributed by atoms with Crippen LogP contribution >= 0.6 is 11.3 Å². The number of thiazole rings is 1. The average Bonchev–Trinajstić information content (AvgIpc) is 2.33. The van der Waals surface area contributed by atoms with E-state index in [0.29, 0.717) is 5.01 Å². The molecule has 0 unspecified atom stereocenters. The van der Waals surface area contributed by atoms with Gasteiger partial charge >= 0.3 is 6.18 Å². The van der Waals surface area contributed by atoms with E-state index in [1.165, 1.54) is 6.92 Å². The van der Waals surface area contributed by atoms with Gasteiger partial charge in [0.25, 0.3) is 0 Å². The van der Waals surface area contributed by atoms with Gasteiger partial charge in [-0.25, -0.2) is 4.98 Å². The van der Waals surface area contributed by atoms with Crippen molar-refractivity contribution in [2.45, 2.75) is 33.9 Å². The molecule has 0 bridgehead atoms. The smallest absolute Gasteiger partial charge is 0.237 e. The maximum Gasteiger partial charge on any atom is 0.434 e. The van der Waals surface area contributed by atoms with E-state index in [2.05, 4.69) is 4.98 Å². The molecule has 0 aliphatic rings. The molecule has 1 aromatic heterocycles. The predicted octanol–water partition coefficient (Wildman–Crippen LogP) is 3.80. The monoisotopic (exact) mass is 211 g/mol. The van der Waals surface area contributed by atoms with Crippen LogP contribution in [0.4, 0.5) is 13.2 Å². The van der Waals surface area contributed by atoms with Gasteiger partial charge in [-0.3, -0.25) is 0 Å². The van der Waals surface area contributed by atoms with Gasteiger partial charge in [-0.05, 0) is 13.8 Å². The molecule has 0 saturated heterocycles. The lowest BCUT2D eigenvalue weighted by atomic mass is 10.4. The number of aromatic nitrogens is 1. The normalized spacial score (nSPS) is 10.7. The van der Waals surface area contributed by atoms with Crippen molar-refractivity contribution in [2.75, 3.05) is 0 Å². The first-order valence-electron chi connectivity index (χ1n) is 3.92. The summed E-state index contributed by atoms with van der Waals surface area (Å²) in [6.45, 7) is 6.99. The molecule has 0 spiro atoms. The van der Waals surface area contributed by atoms with Crippen LogP contribution in [0.3, 0.4) is 0 Å². The zero-order chi connectivity index (χ0) is 10.6. The molecule has 0 aliphatic carbocycles. The lowest BCUT2D eigenvalue weighted by Gasteiger charge is -2.01. The Morgan fingerprint density at radius 3 is 1.77 bits per heavy atom. The van der Waals surface area contributed by atoms with Gasteiger partial charge < -0.3 is 0 Å². The molecule has 0 atom stereocenters. The molecular weight excluding hydrogens is 199 g/mol. The standard InChI is InChI=1S/C6H6F3NS.C2H6/c1-3-5(6(7,8)9)10-4(2)11-3;1-2/h1-2H3;1-2H3. The SMILES string of the molecule is CC.Cc1nc(C(F)(F)F)c(C)s1. The molecule has 0 aromatic carbocycles. The molecule has 1 heterocycles. The first kappa shape index (κ1) is 12.4. The topological polar surface area (TPSA) is 12.9 Å². The van der Waals surface area contributed by atoms with Gasteiger partial charge in [-0.15, -0.1) is 11.3 Å². The summed E-state index contributed by atoms with van der Waals surface area (Å²) >= 11 is 1.06. The maximum atomic E-state index is 12.0. The summed E-state index contributed by atoms with van der Waals surface area (Å²) in [7, 11) is 0. The van der Waals surface area contributed by atoms with Gasteiger partial charge in [0.2, 0.25) is 0 Å². The van der Waals surface area contributed by atoms with E-state index in [1.807, 2.05) is 13.8 Å². The Morgan fingerprint density at radius 1 is 1.15 bits per heavy atom. The molecule has 0 aliphatic heterocycles. The Kier molecular flexibility index (Phi) is 4.39. The maximum absolute atomic E-state index is 12.0. The van der Waals surface area contributed by atoms with Crippen molar-refractivity contribution >= 4 is 11.3 Å². The lowest BCUT2D eigenvalue weighted by Crippen LogP contribution is -2.06. The van der Waals surface area contributed by atoms with Crippen LogP contribution in [0.15, 0.2) is 0 Å². The van der Waals surface area contributed by atoms with Gasteiger partial charge in [-0.1, -0.05) is 13.8 Å². The van der Waals surface area contributed by atoms with Crippen LogP contribution in [0.25, 0.3) is 0 Å². The number of alkyl halides is 3. The number of hydrogen-bond donors (Lipinski definition) is 0. The summed E-state index contributed by atoms with van der Waals surface area (Å²) in [5.74, 6) is 0. The van der Waals surface area contributed by atoms with Crippen LogP contribution in [0.2, 0.25) is 0 Å². The second-order valence-electron chi connectivity index (χ2n) is 2.14. The van der Waals surface area contributed by atoms with Crippen LogP contribution in [-0.2, 0) is 6.18 Å². The van der Waals surface area contributed by atoms with Crippen molar-refractivity contribution < 1.29 is 13.2 Å². The summed E-state index contributed by atoms with van der Waals surface area (Å²) in [6.07, 6.45) is -4.30. The second kappa shape index (κ2) is 4.60. The largest absolute Gasteiger partial charge is 0.434 e. The molecule has 0 radical (unpaired) electrons. The lowest BCUT2D eigenvalue weighted by molar-refractivity contribution is -0.141. The minimum Gasteiger partial charge on any atom is -0.237 e. The number of nitrogens with zero attached hydrogens (tertiary/aromatic N) is 1. The Balaban J connectivity index is 0.000000671. The van der Waals surface area contributed by atoms with Crippen molar-refractivity contribution in [3.63, 3.8) is 0 Å². The molecule has 1 rings (SSSR count). The molecule has 13 heavy (non-hydrogen) atoms. The molecule has 0 amide bonds. The first-order valence-corrected chi connectivity index (χ1v) is 4.74. The summed E-state index contributed by atoms with van der Waals surface area (Å²) in [5.41, 5.74) is -0.750. The van der Waals surface area contributed by atoms with Crippen molar-refractivity contribution in [1.29, 1.82) is 0 Å². The van der Waals surface area contributed by atoms with Gasteiger partial charge in [0, 0.05) is 4.88 Å². The van der Waals surface area contributed by atoms with Crippen molar-refractivity contribution in [1.82, 2.24) is 4.98 Å². The third-order valence-corrected chi connectivity index (χ3v) is 2.06. The molecular formula is C8H12F3NS. The Hall–Kier alpha value is -0.580. The molecule has 76 valence electrons. The van der Waals surface area contributed by atoms with Crippen LogP contribution in [-0.4, -0.2) is 4.98 Å². The highest BCUT2D eigenvalue weighted by atomic mass is 32.1. The predicted molar refractivity (Wildman–Crippen MR) is 47.9 cm³/mol. The third-order valence-electron chi connectivity index (χ3n) is 1.17. The minimum atomic E-state index is -4.30. The Morgan fingerprint density at radius 2 is 1.62 bits per heavy atom. The number of aryl methyl sites for hydroxylation is 2. The zero-order valence-corrected chi connectivity index (χ0v) is 8.81. The summed E-state index contributed by atoms with van der Waals surface area (Å²) in [4.78, 5) is 3.61. The van der Waals surface area contributed by atoms with Crippen LogP contribution < -0.4 is 0 Å². The number of rotatable bonds is 0. The molecule has 5 heteroatoms. The van der Waals surface area contributed by atoms with E-state index < -0.39 is 11.9 Å². The van der Waals surface area contributed by atoms with E-state index in [9.17, 15) is 13.2 Å². The second-order valence-corrected chi connectivity index (χ2v) is 3.54. The van der Waals surface area contributed by atoms with Gasteiger partial charge in [0.05, 0.1) is 5.01 Å². The number of halogens is 3. The van der Waals surface area contributed by atoms with E-state index in [4.69, 9.17) is 0 Å². The Labute approximate surface area is 79.6 Å². The average molecular weight is 211 g/mol. The van der Waals surface area contributed by atoms with Crippen LogP contribution in [0, 0.1) is 13.8 Å². The van der Waals surface area contributed by atoms with E-state index in [-0.39, 0.29) is 4.88 Å². The molecule has 1 aromatic rings. The molecule has 1 nitrogen and oxygen atoms in total. The fourth-order valence-electron chi connectivity index (χ4n) is 0.792. The molecule has 0 saturated carbocycles. The highest BCUT2D eigenvalue weighted by molar-refractivity contribution is 7.11. The van der Waals surface area contributed by atoms with E-state index in [0.717, 1.165) is 11.3 Å². The van der Waals surface area contributed by atoms with Crippen LogP contribution in [0.5, 0.6) is 0 Å². The van der Waals surface area contributed by atoms with Crippen LogP contribution in [0.1, 0.15) is 29.4 Å². The first-order chi connectivity index (χ1) is 5.91. The number of hydrogen-bond acceptors (Lipinski definition) is 2. The van der Waals surface area contributed by atoms with Gasteiger partial charge in [-0.2, -0.15) is 13.2 Å². The third kappa shape index (κ3) is 3.34. The van der Waals surface area contributed by atoms with E-state index in [1.54, 1.807) is 6.92 Å². The highest BCUT2D eigenvalue weighted by Crippen LogP contribution is 2.33. The summed E-state index contributed by atoms with van der Waals surface area (Å²) in [5, 5.41) is 0.454. The molecule has 0 N–H and O–H groups in total. The van der Waals surface area contributed by atoms with Gasteiger partial charge in [0.1, 0.15) is 0 Å². The van der Waals surface area contributed by atoms with Crippen molar-refractivity contribution in [3.8, 4) is 0 Å². The fourth-order valence-corrected chi connectivity index (χ4v) is 1.63.